The van der Waals surface area contributed by atoms with Crippen molar-refractivity contribution in [2.75, 3.05) is 32.0 Å². The van der Waals surface area contributed by atoms with Crippen molar-refractivity contribution in [2.24, 2.45) is 0 Å². The van der Waals surface area contributed by atoms with Gasteiger partial charge in [0.1, 0.15) is 11.3 Å². The van der Waals surface area contributed by atoms with Crippen molar-refractivity contribution in [1.82, 2.24) is 10.3 Å². The number of anilines is 1. The Bertz CT molecular complexity index is 966. The van der Waals surface area contributed by atoms with Crippen molar-refractivity contribution in [3.63, 3.8) is 0 Å². The number of nitrogens with one attached hydrogen (secondary N) is 2. The number of fused-ring (bicyclic) bond motifs is 1. The van der Waals surface area contributed by atoms with Crippen LogP contribution in [-0.2, 0) is 17.6 Å². The van der Waals surface area contributed by atoms with Crippen molar-refractivity contribution in [1.29, 1.82) is 0 Å². The molecule has 30 heavy (non-hydrogen) atoms. The molecular weight excluding hydrogens is 398 g/mol. The maximum Gasteiger partial charge on any atom is 0.305 e. The van der Waals surface area contributed by atoms with E-state index in [4.69, 9.17) is 10.5 Å². The Balaban J connectivity index is 1.19. The summed E-state index contributed by atoms with van der Waals surface area (Å²) in [6.07, 6.45) is 6.38. The number of benzene rings is 2. The van der Waals surface area contributed by atoms with Crippen molar-refractivity contribution < 1.29 is 9.84 Å². The van der Waals surface area contributed by atoms with E-state index >= 15 is 0 Å². The molecule has 0 amide bonds. The second-order valence-corrected chi connectivity index (χ2v) is 8.46. The number of aromatic hydroxyl groups is 1. The lowest BCUT2D eigenvalue weighted by atomic mass is 10.1. The van der Waals surface area contributed by atoms with E-state index in [1.165, 1.54) is 18.4 Å². The maximum absolute atomic E-state index is 11.6. The highest BCUT2D eigenvalue weighted by atomic mass is 32.1. The lowest BCUT2D eigenvalue weighted by Crippen LogP contribution is -2.18. The van der Waals surface area contributed by atoms with E-state index in [-0.39, 0.29) is 10.6 Å². The fourth-order valence-corrected chi connectivity index (χ4v) is 4.30. The summed E-state index contributed by atoms with van der Waals surface area (Å²) in [4.78, 5) is 14.1. The quantitative estimate of drug-likeness (QED) is 0.244. The van der Waals surface area contributed by atoms with Crippen LogP contribution in [0.15, 0.2) is 41.2 Å². The SMILES string of the molecule is Nc1ccc(CCOCCCCCCNCCc2ccc(O)c3[nH]c(=O)sc23)cc1. The zero-order valence-corrected chi connectivity index (χ0v) is 18.1. The van der Waals surface area contributed by atoms with Gasteiger partial charge in [-0.2, -0.15) is 0 Å². The number of thiazole rings is 1. The maximum atomic E-state index is 11.6. The van der Waals surface area contributed by atoms with Crippen LogP contribution in [-0.4, -0.2) is 36.4 Å². The van der Waals surface area contributed by atoms with Crippen LogP contribution in [0.25, 0.3) is 10.2 Å². The van der Waals surface area contributed by atoms with Crippen molar-refractivity contribution in [3.05, 3.63) is 57.2 Å². The molecule has 0 unspecified atom stereocenters. The summed E-state index contributed by atoms with van der Waals surface area (Å²) in [5.74, 6) is 0.134. The van der Waals surface area contributed by atoms with Gasteiger partial charge in [0.15, 0.2) is 0 Å². The molecule has 0 aliphatic rings. The van der Waals surface area contributed by atoms with E-state index in [0.29, 0.717) is 5.52 Å². The molecule has 1 heterocycles. The van der Waals surface area contributed by atoms with Crippen LogP contribution in [0.4, 0.5) is 5.69 Å². The van der Waals surface area contributed by atoms with Gasteiger partial charge in [0.2, 0.25) is 0 Å². The van der Waals surface area contributed by atoms with Gasteiger partial charge in [-0.25, -0.2) is 0 Å². The Labute approximate surface area is 181 Å². The number of phenols is 1. The summed E-state index contributed by atoms with van der Waals surface area (Å²) in [5.41, 5.74) is 9.39. The third kappa shape index (κ3) is 6.86. The first-order chi connectivity index (χ1) is 14.6. The van der Waals surface area contributed by atoms with E-state index < -0.39 is 0 Å². The average Bonchev–Trinajstić information content (AvgIpc) is 3.14. The first kappa shape index (κ1) is 22.3. The molecule has 0 aliphatic carbocycles. The van der Waals surface area contributed by atoms with Crippen LogP contribution in [0.5, 0.6) is 5.75 Å². The molecule has 0 fully saturated rings. The zero-order chi connectivity index (χ0) is 21.2. The lowest BCUT2D eigenvalue weighted by Gasteiger charge is -2.07. The van der Waals surface area contributed by atoms with E-state index in [2.05, 4.69) is 22.4 Å². The normalized spacial score (nSPS) is 11.3. The predicted molar refractivity (Wildman–Crippen MR) is 125 cm³/mol. The van der Waals surface area contributed by atoms with Gasteiger partial charge in [0.05, 0.1) is 11.3 Å². The first-order valence-electron chi connectivity index (χ1n) is 10.6. The fourth-order valence-electron chi connectivity index (χ4n) is 3.40. The molecule has 3 rings (SSSR count). The molecule has 0 spiro atoms. The standard InChI is InChI=1S/C23H31N3O3S/c24-19-8-5-17(6-9-19)12-16-29-15-4-2-1-3-13-25-14-11-18-7-10-20(27)21-22(18)30-23(28)26-21/h5-10,25,27H,1-4,11-16,24H2,(H,26,28). The molecule has 0 bridgehead atoms. The number of aromatic amines is 1. The van der Waals surface area contributed by atoms with Gasteiger partial charge in [0.25, 0.3) is 0 Å². The molecule has 162 valence electrons. The number of nitrogens with two attached hydrogens (primary N) is 1. The predicted octanol–water partition coefficient (Wildman–Crippen LogP) is 3.83. The number of ether oxygens (including phenoxy) is 1. The molecule has 0 atom stereocenters. The Morgan fingerprint density at radius 1 is 0.967 bits per heavy atom. The number of unbranched alkanes of at least 4 members (excludes halogenated alkanes) is 3. The monoisotopic (exact) mass is 429 g/mol. The molecule has 0 radical (unpaired) electrons. The Hall–Kier alpha value is -2.35. The summed E-state index contributed by atoms with van der Waals surface area (Å²) in [6, 6.07) is 11.5. The summed E-state index contributed by atoms with van der Waals surface area (Å²) in [7, 11) is 0. The topological polar surface area (TPSA) is 100 Å². The van der Waals surface area contributed by atoms with Crippen LogP contribution >= 0.6 is 11.3 Å². The van der Waals surface area contributed by atoms with E-state index in [0.717, 1.165) is 79.3 Å². The second-order valence-electron chi connectivity index (χ2n) is 7.48. The van der Waals surface area contributed by atoms with Gasteiger partial charge in [0, 0.05) is 12.3 Å². The number of hydrogen-bond donors (Lipinski definition) is 4. The number of H-pyrrole nitrogens is 1. The molecule has 0 saturated heterocycles. The lowest BCUT2D eigenvalue weighted by molar-refractivity contribution is 0.133. The Kier molecular flexibility index (Phi) is 8.74. The van der Waals surface area contributed by atoms with E-state index in [9.17, 15) is 9.90 Å². The fraction of sp³-hybridized carbons (Fsp3) is 0.435. The number of rotatable bonds is 13. The molecule has 3 aromatic rings. The van der Waals surface area contributed by atoms with Crippen molar-refractivity contribution in [3.8, 4) is 5.75 Å². The molecule has 2 aromatic carbocycles. The van der Waals surface area contributed by atoms with Crippen LogP contribution in [0, 0.1) is 0 Å². The number of aromatic nitrogens is 1. The minimum absolute atomic E-state index is 0.130. The number of hydrogen-bond acceptors (Lipinski definition) is 6. The van der Waals surface area contributed by atoms with Crippen LogP contribution in [0.2, 0.25) is 0 Å². The van der Waals surface area contributed by atoms with Crippen molar-refractivity contribution in [2.45, 2.75) is 38.5 Å². The highest BCUT2D eigenvalue weighted by Gasteiger charge is 2.09. The number of phenolic OH excluding ortho intramolecular Hbond substituents is 1. The third-order valence-corrected chi connectivity index (χ3v) is 6.08. The minimum atomic E-state index is -0.130. The van der Waals surface area contributed by atoms with Gasteiger partial charge in [-0.3, -0.25) is 4.79 Å². The summed E-state index contributed by atoms with van der Waals surface area (Å²) in [5, 5.41) is 13.3. The van der Waals surface area contributed by atoms with Crippen molar-refractivity contribution >= 4 is 27.2 Å². The third-order valence-electron chi connectivity index (χ3n) is 5.12. The summed E-state index contributed by atoms with van der Waals surface area (Å²) < 4.78 is 6.58. The minimum Gasteiger partial charge on any atom is -0.506 e. The largest absolute Gasteiger partial charge is 0.506 e. The average molecular weight is 430 g/mol. The number of nitrogen functional groups attached to an aromatic ring is 1. The van der Waals surface area contributed by atoms with E-state index in [1.807, 2.05) is 18.2 Å². The molecule has 0 saturated carbocycles. The van der Waals surface area contributed by atoms with Crippen LogP contribution < -0.4 is 15.9 Å². The highest BCUT2D eigenvalue weighted by molar-refractivity contribution is 7.16. The Morgan fingerprint density at radius 3 is 2.60 bits per heavy atom. The van der Waals surface area contributed by atoms with Gasteiger partial charge in [-0.15, -0.1) is 0 Å². The van der Waals surface area contributed by atoms with Gasteiger partial charge in [-0.1, -0.05) is 42.4 Å². The molecular formula is C23H31N3O3S. The first-order valence-corrected chi connectivity index (χ1v) is 11.4. The highest BCUT2D eigenvalue weighted by Crippen LogP contribution is 2.27. The molecule has 1 aromatic heterocycles. The molecule has 6 nitrogen and oxygen atoms in total. The summed E-state index contributed by atoms with van der Waals surface area (Å²) >= 11 is 1.16. The molecule has 5 N–H and O–H groups in total. The smallest absolute Gasteiger partial charge is 0.305 e. The van der Waals surface area contributed by atoms with Gasteiger partial charge < -0.3 is 25.9 Å². The van der Waals surface area contributed by atoms with Crippen LogP contribution in [0.1, 0.15) is 36.8 Å². The summed E-state index contributed by atoms with van der Waals surface area (Å²) in [6.45, 7) is 3.42. The zero-order valence-electron chi connectivity index (χ0n) is 17.3. The second kappa shape index (κ2) is 11.7. The molecule has 0 aliphatic heterocycles. The van der Waals surface area contributed by atoms with Gasteiger partial charge in [-0.05, 0) is 68.1 Å². The Morgan fingerprint density at radius 2 is 1.77 bits per heavy atom. The molecule has 7 heteroatoms. The van der Waals surface area contributed by atoms with E-state index in [1.54, 1.807) is 6.07 Å². The van der Waals surface area contributed by atoms with Gasteiger partial charge >= 0.3 is 4.87 Å². The van der Waals surface area contributed by atoms with Crippen LogP contribution in [0.3, 0.4) is 0 Å².